The van der Waals surface area contributed by atoms with Crippen molar-refractivity contribution in [3.05, 3.63) is 59.2 Å². The van der Waals surface area contributed by atoms with E-state index in [1.165, 1.54) is 18.2 Å². The third-order valence-electron chi connectivity index (χ3n) is 3.77. The predicted octanol–water partition coefficient (Wildman–Crippen LogP) is 4.76. The lowest BCUT2D eigenvalue weighted by molar-refractivity contribution is -0.137. The first-order chi connectivity index (χ1) is 11.2. The molecule has 24 heavy (non-hydrogen) atoms. The number of amides is 1. The zero-order valence-electron chi connectivity index (χ0n) is 13.7. The average molecular weight is 336 g/mol. The molecule has 1 amide bonds. The summed E-state index contributed by atoms with van der Waals surface area (Å²) in [5.74, 6) is -0.537. The Morgan fingerprint density at radius 3 is 2.33 bits per heavy atom. The Morgan fingerprint density at radius 2 is 1.71 bits per heavy atom. The van der Waals surface area contributed by atoms with Gasteiger partial charge in [-0.25, -0.2) is 0 Å². The molecule has 2 aromatic carbocycles. The summed E-state index contributed by atoms with van der Waals surface area (Å²) in [6.45, 7) is 5.52. The number of rotatable bonds is 4. The SMILES string of the molecule is Cc1ccc(NC(C)C(=O)Nc2ccccc2C(F)(F)F)cc1C. The number of hydrogen-bond acceptors (Lipinski definition) is 2. The van der Waals surface area contributed by atoms with E-state index < -0.39 is 23.7 Å². The number of aryl methyl sites for hydroxylation is 2. The average Bonchev–Trinajstić information content (AvgIpc) is 2.50. The Hall–Kier alpha value is -2.50. The summed E-state index contributed by atoms with van der Waals surface area (Å²) < 4.78 is 38.9. The van der Waals surface area contributed by atoms with Crippen LogP contribution in [-0.4, -0.2) is 11.9 Å². The van der Waals surface area contributed by atoms with E-state index in [2.05, 4.69) is 10.6 Å². The number of anilines is 2. The van der Waals surface area contributed by atoms with Crippen LogP contribution in [0.25, 0.3) is 0 Å². The van der Waals surface area contributed by atoms with Gasteiger partial charge < -0.3 is 10.6 Å². The normalized spacial score (nSPS) is 12.6. The maximum Gasteiger partial charge on any atom is 0.418 e. The summed E-state index contributed by atoms with van der Waals surface area (Å²) in [5, 5.41) is 5.34. The summed E-state index contributed by atoms with van der Waals surface area (Å²) in [6, 6.07) is 9.87. The third kappa shape index (κ3) is 4.28. The minimum atomic E-state index is -4.52. The summed E-state index contributed by atoms with van der Waals surface area (Å²) in [4.78, 5) is 12.2. The summed E-state index contributed by atoms with van der Waals surface area (Å²) >= 11 is 0. The molecule has 0 spiro atoms. The molecule has 0 saturated carbocycles. The fourth-order valence-corrected chi connectivity index (χ4v) is 2.23. The number of para-hydroxylation sites is 1. The van der Waals surface area contributed by atoms with E-state index in [0.29, 0.717) is 0 Å². The fourth-order valence-electron chi connectivity index (χ4n) is 2.23. The van der Waals surface area contributed by atoms with Gasteiger partial charge in [0.2, 0.25) is 5.91 Å². The van der Waals surface area contributed by atoms with Crippen LogP contribution < -0.4 is 10.6 Å². The van der Waals surface area contributed by atoms with Gasteiger partial charge in [-0.15, -0.1) is 0 Å². The van der Waals surface area contributed by atoms with Gasteiger partial charge in [-0.2, -0.15) is 13.2 Å². The van der Waals surface area contributed by atoms with Crippen LogP contribution in [-0.2, 0) is 11.0 Å². The Labute approximate surface area is 138 Å². The van der Waals surface area contributed by atoms with Crippen molar-refractivity contribution >= 4 is 17.3 Å². The third-order valence-corrected chi connectivity index (χ3v) is 3.77. The second-order valence-electron chi connectivity index (χ2n) is 5.70. The van der Waals surface area contributed by atoms with Crippen LogP contribution in [0, 0.1) is 13.8 Å². The Kier molecular flexibility index (Phi) is 5.17. The molecule has 1 unspecified atom stereocenters. The van der Waals surface area contributed by atoms with Crippen molar-refractivity contribution in [3.63, 3.8) is 0 Å². The molecule has 0 bridgehead atoms. The smallest absolute Gasteiger partial charge is 0.374 e. The van der Waals surface area contributed by atoms with Crippen molar-refractivity contribution in [3.8, 4) is 0 Å². The molecule has 0 aromatic heterocycles. The maximum absolute atomic E-state index is 13.0. The van der Waals surface area contributed by atoms with Crippen LogP contribution in [0.5, 0.6) is 0 Å². The summed E-state index contributed by atoms with van der Waals surface area (Å²) in [5.41, 5.74) is 1.82. The molecule has 0 radical (unpaired) electrons. The number of carbonyl (C=O) groups excluding carboxylic acids is 1. The fraction of sp³-hybridized carbons (Fsp3) is 0.278. The van der Waals surface area contributed by atoms with Crippen LogP contribution in [0.3, 0.4) is 0 Å². The number of alkyl halides is 3. The molecule has 0 saturated heterocycles. The molecule has 2 N–H and O–H groups in total. The Balaban J connectivity index is 2.11. The lowest BCUT2D eigenvalue weighted by atomic mass is 10.1. The van der Waals surface area contributed by atoms with E-state index in [1.54, 1.807) is 6.92 Å². The number of nitrogens with one attached hydrogen (secondary N) is 2. The van der Waals surface area contributed by atoms with Crippen molar-refractivity contribution in [1.82, 2.24) is 0 Å². The van der Waals surface area contributed by atoms with Crippen LogP contribution in [0.15, 0.2) is 42.5 Å². The Bertz CT molecular complexity index is 741. The van der Waals surface area contributed by atoms with E-state index in [9.17, 15) is 18.0 Å². The van der Waals surface area contributed by atoms with Crippen molar-refractivity contribution in [2.45, 2.75) is 33.0 Å². The first-order valence-corrected chi connectivity index (χ1v) is 7.49. The number of benzene rings is 2. The second kappa shape index (κ2) is 6.95. The summed E-state index contributed by atoms with van der Waals surface area (Å²) in [7, 11) is 0. The molecule has 2 aromatic rings. The molecule has 128 valence electrons. The highest BCUT2D eigenvalue weighted by Gasteiger charge is 2.33. The van der Waals surface area contributed by atoms with E-state index in [4.69, 9.17) is 0 Å². The van der Waals surface area contributed by atoms with E-state index in [0.717, 1.165) is 22.9 Å². The largest absolute Gasteiger partial charge is 0.418 e. The standard InChI is InChI=1S/C18H19F3N2O/c1-11-8-9-14(10-12(11)2)22-13(3)17(24)23-16-7-5-4-6-15(16)18(19,20)21/h4-10,13,22H,1-3H3,(H,23,24). The van der Waals surface area contributed by atoms with Crippen LogP contribution >= 0.6 is 0 Å². The highest BCUT2D eigenvalue weighted by Crippen LogP contribution is 2.34. The van der Waals surface area contributed by atoms with Gasteiger partial charge in [-0.3, -0.25) is 4.79 Å². The van der Waals surface area contributed by atoms with E-state index in [1.807, 2.05) is 32.0 Å². The van der Waals surface area contributed by atoms with Crippen LogP contribution in [0.1, 0.15) is 23.6 Å². The lowest BCUT2D eigenvalue weighted by Crippen LogP contribution is -2.32. The first kappa shape index (κ1) is 17.8. The minimum absolute atomic E-state index is 0.247. The predicted molar refractivity (Wildman–Crippen MR) is 89.1 cm³/mol. The molecular weight excluding hydrogens is 317 g/mol. The minimum Gasteiger partial charge on any atom is -0.374 e. The van der Waals surface area contributed by atoms with Crippen LogP contribution in [0.2, 0.25) is 0 Å². The topological polar surface area (TPSA) is 41.1 Å². The molecule has 0 aliphatic rings. The van der Waals surface area contributed by atoms with Gasteiger partial charge in [-0.05, 0) is 56.2 Å². The first-order valence-electron chi connectivity index (χ1n) is 7.49. The highest BCUT2D eigenvalue weighted by molar-refractivity contribution is 5.96. The molecule has 1 atom stereocenters. The van der Waals surface area contributed by atoms with Crippen LogP contribution in [0.4, 0.5) is 24.5 Å². The van der Waals surface area contributed by atoms with Crippen molar-refractivity contribution in [1.29, 1.82) is 0 Å². The van der Waals surface area contributed by atoms with E-state index in [-0.39, 0.29) is 5.69 Å². The van der Waals surface area contributed by atoms with Gasteiger partial charge in [0.25, 0.3) is 0 Å². The maximum atomic E-state index is 13.0. The van der Waals surface area contributed by atoms with Crippen molar-refractivity contribution < 1.29 is 18.0 Å². The molecule has 3 nitrogen and oxygen atoms in total. The Morgan fingerprint density at radius 1 is 1.04 bits per heavy atom. The molecule has 0 aliphatic heterocycles. The molecule has 2 rings (SSSR count). The van der Waals surface area contributed by atoms with Gasteiger partial charge in [0.05, 0.1) is 11.3 Å². The van der Waals surface area contributed by atoms with E-state index >= 15 is 0 Å². The van der Waals surface area contributed by atoms with Crippen molar-refractivity contribution in [2.24, 2.45) is 0 Å². The van der Waals surface area contributed by atoms with Gasteiger partial charge in [0.1, 0.15) is 6.04 Å². The monoisotopic (exact) mass is 336 g/mol. The van der Waals surface area contributed by atoms with Gasteiger partial charge in [0, 0.05) is 5.69 Å². The number of halogens is 3. The number of hydrogen-bond donors (Lipinski definition) is 2. The zero-order valence-corrected chi connectivity index (χ0v) is 13.7. The van der Waals surface area contributed by atoms with Gasteiger partial charge in [0.15, 0.2) is 0 Å². The lowest BCUT2D eigenvalue weighted by Gasteiger charge is -2.18. The second-order valence-corrected chi connectivity index (χ2v) is 5.70. The molecule has 6 heteroatoms. The summed E-state index contributed by atoms with van der Waals surface area (Å²) in [6.07, 6.45) is -4.52. The van der Waals surface area contributed by atoms with Gasteiger partial charge in [-0.1, -0.05) is 18.2 Å². The molecule has 0 heterocycles. The zero-order chi connectivity index (χ0) is 17.9. The molecule has 0 aliphatic carbocycles. The highest BCUT2D eigenvalue weighted by atomic mass is 19.4. The molecular formula is C18H19F3N2O. The quantitative estimate of drug-likeness (QED) is 0.845. The number of carbonyl (C=O) groups is 1. The molecule has 0 fully saturated rings. The van der Waals surface area contributed by atoms with Gasteiger partial charge >= 0.3 is 6.18 Å². The van der Waals surface area contributed by atoms with Crippen molar-refractivity contribution in [2.75, 3.05) is 10.6 Å².